The molecule has 0 unspecified atom stereocenters. The highest BCUT2D eigenvalue weighted by molar-refractivity contribution is 6.99. The van der Waals surface area contributed by atoms with Crippen LogP contribution in [0.15, 0.2) is 60.7 Å². The van der Waals surface area contributed by atoms with E-state index in [4.69, 9.17) is 4.43 Å². The third-order valence-corrected chi connectivity index (χ3v) is 11.3. The summed E-state index contributed by atoms with van der Waals surface area (Å²) in [6, 6.07) is 23.1. The van der Waals surface area contributed by atoms with Crippen molar-refractivity contribution >= 4 is 18.7 Å². The van der Waals surface area contributed by atoms with Gasteiger partial charge < -0.3 is 9.74 Å². The van der Waals surface area contributed by atoms with E-state index in [9.17, 15) is 0 Å². The minimum atomic E-state index is -2.44. The van der Waals surface area contributed by atoms with Crippen molar-refractivity contribution in [1.82, 2.24) is 5.32 Å². The molecule has 3 heteroatoms. The van der Waals surface area contributed by atoms with Gasteiger partial charge in [0.05, 0.1) is 0 Å². The Hall–Kier alpha value is -1.42. The van der Waals surface area contributed by atoms with Gasteiger partial charge >= 0.3 is 0 Å². The molecule has 2 aromatic rings. The van der Waals surface area contributed by atoms with Gasteiger partial charge in [-0.1, -0.05) is 87.9 Å². The summed E-state index contributed by atoms with van der Waals surface area (Å²) in [7, 11) is -2.44. The molecular weight excluding hydrogens is 358 g/mol. The zero-order valence-electron chi connectivity index (χ0n) is 18.2. The Morgan fingerprint density at radius 2 is 1.50 bits per heavy atom. The molecule has 1 saturated heterocycles. The highest BCUT2D eigenvalue weighted by Crippen LogP contribution is 2.38. The first-order valence-electron chi connectivity index (χ1n) is 10.9. The molecule has 1 aliphatic heterocycles. The van der Waals surface area contributed by atoms with Gasteiger partial charge in [-0.3, -0.25) is 0 Å². The minimum absolute atomic E-state index is 0.0389. The van der Waals surface area contributed by atoms with Gasteiger partial charge in [0, 0.05) is 18.2 Å². The molecule has 0 amide bonds. The van der Waals surface area contributed by atoms with Crippen molar-refractivity contribution in [3.63, 3.8) is 0 Å². The molecule has 2 nitrogen and oxygen atoms in total. The number of nitrogens with one attached hydrogen (secondary N) is 1. The van der Waals surface area contributed by atoms with Crippen molar-refractivity contribution < 1.29 is 4.43 Å². The molecule has 0 radical (unpaired) electrons. The zero-order valence-corrected chi connectivity index (χ0v) is 19.2. The molecule has 0 spiro atoms. The molecule has 0 aromatic heterocycles. The molecule has 3 atom stereocenters. The first-order chi connectivity index (χ1) is 13.3. The van der Waals surface area contributed by atoms with Crippen LogP contribution in [0.2, 0.25) is 5.04 Å². The van der Waals surface area contributed by atoms with Crippen molar-refractivity contribution in [1.29, 1.82) is 0 Å². The van der Waals surface area contributed by atoms with Gasteiger partial charge in [0.1, 0.15) is 0 Å². The summed E-state index contributed by atoms with van der Waals surface area (Å²) in [6.45, 7) is 11.6. The summed E-state index contributed by atoms with van der Waals surface area (Å²) < 4.78 is 7.21. The molecule has 3 rings (SSSR count). The van der Waals surface area contributed by atoms with E-state index in [0.717, 1.165) is 6.42 Å². The summed E-state index contributed by atoms with van der Waals surface area (Å²) in [5.74, 6) is 0. The molecule has 2 aromatic carbocycles. The number of benzene rings is 2. The van der Waals surface area contributed by atoms with Gasteiger partial charge in [-0.25, -0.2) is 0 Å². The summed E-state index contributed by atoms with van der Waals surface area (Å²) in [6.07, 6.45) is 5.17. The van der Waals surface area contributed by atoms with Crippen molar-refractivity contribution in [3.05, 3.63) is 60.7 Å². The molecule has 0 bridgehead atoms. The van der Waals surface area contributed by atoms with E-state index in [1.165, 1.54) is 29.6 Å². The van der Waals surface area contributed by atoms with Crippen LogP contribution >= 0.6 is 0 Å². The number of piperidine rings is 1. The quantitative estimate of drug-likeness (QED) is 0.705. The Labute approximate surface area is 172 Å². The van der Waals surface area contributed by atoms with E-state index in [2.05, 4.69) is 101 Å². The lowest BCUT2D eigenvalue weighted by molar-refractivity contribution is 0.165. The van der Waals surface area contributed by atoms with Gasteiger partial charge in [0.25, 0.3) is 8.32 Å². The lowest BCUT2D eigenvalue weighted by atomic mass is 9.96. The molecule has 1 N–H and O–H groups in total. The summed E-state index contributed by atoms with van der Waals surface area (Å²) >= 11 is 0. The van der Waals surface area contributed by atoms with Crippen LogP contribution in [0.25, 0.3) is 0 Å². The van der Waals surface area contributed by atoms with Gasteiger partial charge in [-0.2, -0.15) is 0 Å². The van der Waals surface area contributed by atoms with E-state index in [-0.39, 0.29) is 11.1 Å². The number of rotatable bonds is 6. The highest BCUT2D eigenvalue weighted by Gasteiger charge is 2.51. The Balaban J connectivity index is 1.96. The second-order valence-corrected chi connectivity index (χ2v) is 13.8. The SMILES string of the molecule is C[C@H]1CCC[C@@H](C[C@H](C)O[Si](c2ccccc2)(c2ccccc2)C(C)(C)C)N1. The molecule has 1 fully saturated rings. The monoisotopic (exact) mass is 395 g/mol. The van der Waals surface area contributed by atoms with E-state index in [1.54, 1.807) is 0 Å². The zero-order chi connectivity index (χ0) is 20.2. The average molecular weight is 396 g/mol. The van der Waals surface area contributed by atoms with Gasteiger partial charge in [-0.15, -0.1) is 0 Å². The van der Waals surface area contributed by atoms with E-state index in [0.29, 0.717) is 12.1 Å². The van der Waals surface area contributed by atoms with E-state index in [1.807, 2.05) is 0 Å². The van der Waals surface area contributed by atoms with Crippen molar-refractivity contribution in [2.24, 2.45) is 0 Å². The first kappa shape index (κ1) is 21.3. The van der Waals surface area contributed by atoms with Gasteiger partial charge in [0.2, 0.25) is 0 Å². The highest BCUT2D eigenvalue weighted by atomic mass is 28.4. The average Bonchev–Trinajstić information content (AvgIpc) is 2.66. The van der Waals surface area contributed by atoms with Crippen LogP contribution in [-0.2, 0) is 4.43 Å². The van der Waals surface area contributed by atoms with Crippen LogP contribution in [0.4, 0.5) is 0 Å². The third-order valence-electron chi connectivity index (χ3n) is 6.12. The van der Waals surface area contributed by atoms with Gasteiger partial charge in [-0.05, 0) is 48.5 Å². The fourth-order valence-corrected chi connectivity index (χ4v) is 9.58. The maximum atomic E-state index is 7.21. The maximum Gasteiger partial charge on any atom is 0.261 e. The van der Waals surface area contributed by atoms with E-state index < -0.39 is 8.32 Å². The molecular formula is C25H37NOSi. The summed E-state index contributed by atoms with van der Waals surface area (Å²) in [4.78, 5) is 0. The molecule has 28 heavy (non-hydrogen) atoms. The van der Waals surface area contributed by atoms with Crippen LogP contribution in [0.3, 0.4) is 0 Å². The Kier molecular flexibility index (Phi) is 6.80. The van der Waals surface area contributed by atoms with Crippen molar-refractivity contribution in [2.75, 3.05) is 0 Å². The second-order valence-electron chi connectivity index (χ2n) is 9.52. The fraction of sp³-hybridized carbons (Fsp3) is 0.520. The lowest BCUT2D eigenvalue weighted by Crippen LogP contribution is -2.67. The smallest absolute Gasteiger partial charge is 0.261 e. The third kappa shape index (κ3) is 4.59. The molecule has 152 valence electrons. The molecule has 1 heterocycles. The van der Waals surface area contributed by atoms with Crippen LogP contribution in [-0.4, -0.2) is 26.5 Å². The Bertz CT molecular complexity index is 686. The summed E-state index contributed by atoms with van der Waals surface area (Å²) in [5.41, 5.74) is 0. The Morgan fingerprint density at radius 3 is 1.96 bits per heavy atom. The predicted molar refractivity (Wildman–Crippen MR) is 123 cm³/mol. The normalized spacial score (nSPS) is 22.0. The van der Waals surface area contributed by atoms with Crippen molar-refractivity contribution in [3.8, 4) is 0 Å². The summed E-state index contributed by atoms with van der Waals surface area (Å²) in [5, 5.41) is 6.56. The second kappa shape index (κ2) is 8.94. The fourth-order valence-electron chi connectivity index (χ4n) is 4.87. The number of hydrogen-bond donors (Lipinski definition) is 1. The van der Waals surface area contributed by atoms with E-state index >= 15 is 0 Å². The molecule has 1 aliphatic rings. The molecule has 0 saturated carbocycles. The van der Waals surface area contributed by atoms with Gasteiger partial charge in [0.15, 0.2) is 0 Å². The standard InChI is InChI=1S/C25H37NOSi/c1-20-13-12-14-22(26-20)19-21(2)27-28(25(3,4)5,23-15-8-6-9-16-23)24-17-10-7-11-18-24/h6-11,15-18,20-22,26H,12-14,19H2,1-5H3/t20-,21-,22-/m0/s1. The van der Waals surface area contributed by atoms with Crippen LogP contribution < -0.4 is 15.7 Å². The predicted octanol–water partition coefficient (Wildman–Crippen LogP) is 4.87. The minimum Gasteiger partial charge on any atom is -0.405 e. The topological polar surface area (TPSA) is 21.3 Å². The first-order valence-corrected chi connectivity index (χ1v) is 12.8. The van der Waals surface area contributed by atoms with Crippen LogP contribution in [0.1, 0.15) is 60.3 Å². The van der Waals surface area contributed by atoms with Crippen LogP contribution in [0.5, 0.6) is 0 Å². The lowest BCUT2D eigenvalue weighted by Gasteiger charge is -2.45. The Morgan fingerprint density at radius 1 is 0.964 bits per heavy atom. The largest absolute Gasteiger partial charge is 0.405 e. The van der Waals surface area contributed by atoms with Crippen LogP contribution in [0, 0.1) is 0 Å². The van der Waals surface area contributed by atoms with Crippen molar-refractivity contribution in [2.45, 2.75) is 83.5 Å². The molecule has 0 aliphatic carbocycles. The maximum absolute atomic E-state index is 7.21. The number of hydrogen-bond acceptors (Lipinski definition) is 2.